The Kier molecular flexibility index (Phi) is 10.6. The van der Waals surface area contributed by atoms with Gasteiger partial charge >= 0.3 is 6.18 Å². The van der Waals surface area contributed by atoms with Crippen LogP contribution in [0.1, 0.15) is 18.9 Å². The van der Waals surface area contributed by atoms with Crippen molar-refractivity contribution in [2.75, 3.05) is 27.3 Å². The number of guanidine groups is 1. The molecule has 0 atom stereocenters. The molecule has 0 fully saturated rings. The van der Waals surface area contributed by atoms with Crippen LogP contribution in [-0.2, 0) is 6.54 Å². The highest BCUT2D eigenvalue weighted by Gasteiger charge is 2.26. The number of hydrogen-bond acceptors (Lipinski definition) is 3. The van der Waals surface area contributed by atoms with E-state index in [0.717, 1.165) is 5.56 Å². The summed E-state index contributed by atoms with van der Waals surface area (Å²) in [6, 6.07) is 5.31. The molecule has 0 amide bonds. The molecule has 1 aromatic carbocycles. The lowest BCUT2D eigenvalue weighted by molar-refractivity contribution is -0.132. The first-order valence-electron chi connectivity index (χ1n) is 7.19. The molecule has 0 bridgehead atoms. The van der Waals surface area contributed by atoms with E-state index in [0.29, 0.717) is 24.0 Å². The second kappa shape index (κ2) is 11.2. The van der Waals surface area contributed by atoms with Gasteiger partial charge in [-0.1, -0.05) is 0 Å². The first kappa shape index (κ1) is 22.6. The van der Waals surface area contributed by atoms with Crippen molar-refractivity contribution in [3.05, 3.63) is 23.8 Å². The molecule has 24 heavy (non-hydrogen) atoms. The molecule has 9 heteroatoms. The Balaban J connectivity index is 0.00000529. The zero-order valence-electron chi connectivity index (χ0n) is 13.9. The van der Waals surface area contributed by atoms with Crippen molar-refractivity contribution in [1.82, 2.24) is 10.6 Å². The predicted molar refractivity (Wildman–Crippen MR) is 98.5 cm³/mol. The highest BCUT2D eigenvalue weighted by atomic mass is 127. The van der Waals surface area contributed by atoms with Crippen molar-refractivity contribution in [1.29, 1.82) is 0 Å². The van der Waals surface area contributed by atoms with Gasteiger partial charge < -0.3 is 20.1 Å². The summed E-state index contributed by atoms with van der Waals surface area (Å²) in [4.78, 5) is 4.27. The van der Waals surface area contributed by atoms with Crippen LogP contribution in [0.2, 0.25) is 0 Å². The Hall–Kier alpha value is -1.39. The van der Waals surface area contributed by atoms with Crippen LogP contribution in [0.15, 0.2) is 23.2 Å². The van der Waals surface area contributed by atoms with Gasteiger partial charge in [0.1, 0.15) is 11.5 Å². The van der Waals surface area contributed by atoms with Gasteiger partial charge in [0.25, 0.3) is 0 Å². The van der Waals surface area contributed by atoms with Crippen LogP contribution in [0.5, 0.6) is 11.5 Å². The maximum atomic E-state index is 12.2. The van der Waals surface area contributed by atoms with Crippen LogP contribution >= 0.6 is 24.0 Å². The lowest BCUT2D eigenvalue weighted by Crippen LogP contribution is -2.38. The molecule has 138 valence electrons. The second-order valence-electron chi connectivity index (χ2n) is 4.66. The van der Waals surface area contributed by atoms with Crippen LogP contribution < -0.4 is 20.1 Å². The normalized spacial score (nSPS) is 11.5. The molecule has 1 rings (SSSR count). The molecule has 0 radical (unpaired) electrons. The molecular weight excluding hydrogens is 438 g/mol. The minimum atomic E-state index is -4.19. The molecule has 5 nitrogen and oxygen atoms in total. The zero-order chi connectivity index (χ0) is 17.3. The summed E-state index contributed by atoms with van der Waals surface area (Å²) in [6.45, 7) is 2.44. The number of aliphatic imine (C=N–C) groups is 1. The number of methoxy groups -OCH3 is 2. The Labute approximate surface area is 157 Å². The van der Waals surface area contributed by atoms with Crippen molar-refractivity contribution in [2.45, 2.75) is 26.1 Å². The maximum Gasteiger partial charge on any atom is 0.390 e. The standard InChI is InChI=1S/C15H22F3N3O2.HI/c1-4-19-14(20-8-7-15(16,17)18)21-10-11-5-6-12(22-2)9-13(11)23-3;/h5-6,9H,4,7-8,10H2,1-3H3,(H2,19,20,21);1H. The molecule has 0 aromatic heterocycles. The first-order valence-corrected chi connectivity index (χ1v) is 7.19. The number of halogens is 4. The smallest absolute Gasteiger partial charge is 0.390 e. The molecule has 2 N–H and O–H groups in total. The van der Waals surface area contributed by atoms with Gasteiger partial charge in [-0.05, 0) is 19.1 Å². The zero-order valence-corrected chi connectivity index (χ0v) is 16.2. The molecule has 0 saturated carbocycles. The van der Waals surface area contributed by atoms with Gasteiger partial charge in [-0.25, -0.2) is 4.99 Å². The molecule has 0 aliphatic heterocycles. The second-order valence-corrected chi connectivity index (χ2v) is 4.66. The van der Waals surface area contributed by atoms with E-state index < -0.39 is 12.6 Å². The summed E-state index contributed by atoms with van der Waals surface area (Å²) in [7, 11) is 3.09. The predicted octanol–water partition coefficient (Wildman–Crippen LogP) is 3.33. The largest absolute Gasteiger partial charge is 0.497 e. The van der Waals surface area contributed by atoms with E-state index in [2.05, 4.69) is 15.6 Å². The Bertz CT molecular complexity index is 525. The highest BCUT2D eigenvalue weighted by Crippen LogP contribution is 2.25. The van der Waals surface area contributed by atoms with Gasteiger partial charge in [-0.2, -0.15) is 13.2 Å². The van der Waals surface area contributed by atoms with Crippen molar-refractivity contribution < 1.29 is 22.6 Å². The quantitative estimate of drug-likeness (QED) is 0.372. The summed E-state index contributed by atoms with van der Waals surface area (Å²) in [5.41, 5.74) is 0.807. The lowest BCUT2D eigenvalue weighted by Gasteiger charge is -2.13. The van der Waals surface area contributed by atoms with Crippen molar-refractivity contribution >= 4 is 29.9 Å². The lowest BCUT2D eigenvalue weighted by atomic mass is 10.2. The summed E-state index contributed by atoms with van der Waals surface area (Å²) in [5.74, 6) is 1.60. The van der Waals surface area contributed by atoms with Gasteiger partial charge in [-0.3, -0.25) is 0 Å². The minimum Gasteiger partial charge on any atom is -0.497 e. The van der Waals surface area contributed by atoms with E-state index in [4.69, 9.17) is 9.47 Å². The minimum absolute atomic E-state index is 0. The monoisotopic (exact) mass is 461 g/mol. The van der Waals surface area contributed by atoms with Crippen molar-refractivity contribution in [2.24, 2.45) is 4.99 Å². The van der Waals surface area contributed by atoms with Gasteiger partial charge in [-0.15, -0.1) is 24.0 Å². The molecule has 0 spiro atoms. The Morgan fingerprint density at radius 3 is 2.42 bits per heavy atom. The molecule has 0 saturated heterocycles. The number of alkyl halides is 3. The van der Waals surface area contributed by atoms with Crippen molar-refractivity contribution in [3.8, 4) is 11.5 Å². The summed E-state index contributed by atoms with van der Waals surface area (Å²) >= 11 is 0. The maximum absolute atomic E-state index is 12.2. The van der Waals surface area contributed by atoms with Crippen LogP contribution in [-0.4, -0.2) is 39.4 Å². The third kappa shape index (κ3) is 8.46. The molecular formula is C15H23F3IN3O2. The number of ether oxygens (including phenoxy) is 2. The van der Waals surface area contributed by atoms with E-state index in [-0.39, 0.29) is 37.1 Å². The summed E-state index contributed by atoms with van der Waals surface area (Å²) in [6.07, 6.45) is -5.10. The van der Waals surface area contributed by atoms with Crippen LogP contribution in [0.25, 0.3) is 0 Å². The van der Waals surface area contributed by atoms with E-state index >= 15 is 0 Å². The topological polar surface area (TPSA) is 54.9 Å². The third-order valence-electron chi connectivity index (χ3n) is 2.95. The molecule has 0 heterocycles. The van der Waals surface area contributed by atoms with Gasteiger partial charge in [0.15, 0.2) is 5.96 Å². The fraction of sp³-hybridized carbons (Fsp3) is 0.533. The van der Waals surface area contributed by atoms with Crippen LogP contribution in [0.3, 0.4) is 0 Å². The number of rotatable bonds is 7. The van der Waals surface area contributed by atoms with E-state index in [9.17, 15) is 13.2 Å². The average Bonchev–Trinajstić information content (AvgIpc) is 2.51. The Morgan fingerprint density at radius 2 is 1.88 bits per heavy atom. The van der Waals surface area contributed by atoms with Gasteiger partial charge in [0.2, 0.25) is 0 Å². The first-order chi connectivity index (χ1) is 10.9. The van der Waals surface area contributed by atoms with E-state index in [1.54, 1.807) is 25.3 Å². The summed E-state index contributed by atoms with van der Waals surface area (Å²) in [5, 5.41) is 5.57. The third-order valence-corrected chi connectivity index (χ3v) is 2.95. The average molecular weight is 461 g/mol. The van der Waals surface area contributed by atoms with Gasteiger partial charge in [0, 0.05) is 24.7 Å². The highest BCUT2D eigenvalue weighted by molar-refractivity contribution is 14.0. The molecule has 1 aromatic rings. The summed E-state index contributed by atoms with van der Waals surface area (Å²) < 4.78 is 46.9. The van der Waals surface area contributed by atoms with Crippen LogP contribution in [0.4, 0.5) is 13.2 Å². The molecule has 0 unspecified atom stereocenters. The SMILES string of the molecule is CCNC(=NCc1ccc(OC)cc1OC)NCCC(F)(F)F.I. The number of hydrogen-bond donors (Lipinski definition) is 2. The van der Waals surface area contributed by atoms with Crippen molar-refractivity contribution in [3.63, 3.8) is 0 Å². The van der Waals surface area contributed by atoms with Crippen LogP contribution in [0, 0.1) is 0 Å². The van der Waals surface area contributed by atoms with Gasteiger partial charge in [0.05, 0.1) is 27.2 Å². The molecule has 0 aliphatic carbocycles. The molecule has 0 aliphatic rings. The van der Waals surface area contributed by atoms with E-state index in [1.165, 1.54) is 7.11 Å². The number of nitrogens with zero attached hydrogens (tertiary/aromatic N) is 1. The number of benzene rings is 1. The Morgan fingerprint density at radius 1 is 1.17 bits per heavy atom. The fourth-order valence-corrected chi connectivity index (χ4v) is 1.81. The van der Waals surface area contributed by atoms with E-state index in [1.807, 2.05) is 6.92 Å². The number of nitrogens with one attached hydrogen (secondary N) is 2. The fourth-order valence-electron chi connectivity index (χ4n) is 1.81.